The van der Waals surface area contributed by atoms with Crippen LogP contribution >= 0.6 is 0 Å². The van der Waals surface area contributed by atoms with E-state index >= 15 is 0 Å². The van der Waals surface area contributed by atoms with Gasteiger partial charge in [-0.15, -0.1) is 0 Å². The first kappa shape index (κ1) is 27.7. The predicted octanol–water partition coefficient (Wildman–Crippen LogP) is 13.1. The third-order valence-electron chi connectivity index (χ3n) is 10.9. The van der Waals surface area contributed by atoms with Gasteiger partial charge in [-0.25, -0.2) is 0 Å². The summed E-state index contributed by atoms with van der Waals surface area (Å²) in [6.45, 7) is 0. The molecule has 0 amide bonds. The first-order valence-corrected chi connectivity index (χ1v) is 17.7. The standard InChI is InChI=1S/C48H28N2O2/c1-3-9-29(10-4-1)33-19-23-43-41(27-33)49-39-21-17-31(25-37(39)35-13-7-15-45(51-43)47(35)49)32-18-22-40-38(26-32)36-14-8-16-46-48(36)50(40)42-28-34(20-24-44(42)52-46)30-11-5-2-6-12-30/h1-28H. The van der Waals surface area contributed by atoms with Gasteiger partial charge in [0.05, 0.1) is 33.4 Å². The van der Waals surface area contributed by atoms with Crippen molar-refractivity contribution in [3.05, 3.63) is 170 Å². The molecule has 4 nitrogen and oxygen atoms in total. The molecule has 4 heterocycles. The molecule has 0 radical (unpaired) electrons. The van der Waals surface area contributed by atoms with Crippen LogP contribution in [0.25, 0.3) is 88.4 Å². The molecular weight excluding hydrogens is 637 g/mol. The number of fused-ring (bicyclic) bond motifs is 10. The number of nitrogens with zero attached hydrogens (tertiary/aromatic N) is 2. The fraction of sp³-hybridized carbons (Fsp3) is 0. The minimum atomic E-state index is 0.862. The molecule has 2 aliphatic rings. The zero-order valence-corrected chi connectivity index (χ0v) is 27.9. The molecule has 242 valence electrons. The van der Waals surface area contributed by atoms with Gasteiger partial charge in [-0.1, -0.05) is 109 Å². The Morgan fingerprint density at radius 3 is 1.17 bits per heavy atom. The Morgan fingerprint density at radius 2 is 0.712 bits per heavy atom. The number of rotatable bonds is 3. The molecular formula is C48H28N2O2. The van der Waals surface area contributed by atoms with Crippen LogP contribution in [-0.4, -0.2) is 9.13 Å². The van der Waals surface area contributed by atoms with E-state index in [-0.39, 0.29) is 0 Å². The van der Waals surface area contributed by atoms with E-state index in [1.165, 1.54) is 43.8 Å². The molecule has 52 heavy (non-hydrogen) atoms. The van der Waals surface area contributed by atoms with E-state index in [1.54, 1.807) is 0 Å². The lowest BCUT2D eigenvalue weighted by molar-refractivity contribution is 0.476. The summed E-state index contributed by atoms with van der Waals surface area (Å²) < 4.78 is 17.8. The van der Waals surface area contributed by atoms with Crippen LogP contribution < -0.4 is 9.47 Å². The lowest BCUT2D eigenvalue weighted by Crippen LogP contribution is -2.04. The molecule has 12 rings (SSSR count). The molecule has 0 aliphatic carbocycles. The quantitative estimate of drug-likeness (QED) is 0.188. The Kier molecular flexibility index (Phi) is 5.47. The van der Waals surface area contributed by atoms with Gasteiger partial charge in [-0.3, -0.25) is 0 Å². The van der Waals surface area contributed by atoms with Gasteiger partial charge in [0.15, 0.2) is 23.0 Å². The maximum atomic E-state index is 6.53. The molecule has 0 fully saturated rings. The van der Waals surface area contributed by atoms with Crippen molar-refractivity contribution in [3.63, 3.8) is 0 Å². The fourth-order valence-electron chi connectivity index (χ4n) is 8.51. The molecule has 0 saturated carbocycles. The predicted molar refractivity (Wildman–Crippen MR) is 212 cm³/mol. The summed E-state index contributed by atoms with van der Waals surface area (Å²) in [4.78, 5) is 0. The van der Waals surface area contributed by atoms with Crippen LogP contribution in [0.2, 0.25) is 0 Å². The fourth-order valence-corrected chi connectivity index (χ4v) is 8.51. The summed E-state index contributed by atoms with van der Waals surface area (Å²) in [5.41, 5.74) is 13.7. The molecule has 8 aromatic carbocycles. The van der Waals surface area contributed by atoms with E-state index in [4.69, 9.17) is 9.47 Å². The second-order valence-electron chi connectivity index (χ2n) is 13.7. The molecule has 0 N–H and O–H groups in total. The SMILES string of the molecule is c1ccc(-c2ccc3c(c2)-n2c4ccc(-c5ccc6c(c5)c5cccc7c5n6-c5cc(-c6ccccc6)ccc5O7)cc4c4cccc(c42)O3)cc1. The smallest absolute Gasteiger partial charge is 0.152 e. The van der Waals surface area contributed by atoms with Crippen molar-refractivity contribution in [2.75, 3.05) is 0 Å². The molecule has 2 aliphatic heterocycles. The van der Waals surface area contributed by atoms with E-state index in [9.17, 15) is 0 Å². The van der Waals surface area contributed by atoms with Crippen LogP contribution in [0.5, 0.6) is 23.0 Å². The van der Waals surface area contributed by atoms with Crippen molar-refractivity contribution in [3.8, 4) is 67.8 Å². The van der Waals surface area contributed by atoms with Gasteiger partial charge in [0, 0.05) is 21.5 Å². The van der Waals surface area contributed by atoms with Gasteiger partial charge in [-0.05, 0) is 94.0 Å². The number of hydrogen-bond donors (Lipinski definition) is 0. The van der Waals surface area contributed by atoms with Gasteiger partial charge in [-0.2, -0.15) is 0 Å². The monoisotopic (exact) mass is 664 g/mol. The third-order valence-corrected chi connectivity index (χ3v) is 10.9. The summed E-state index contributed by atoms with van der Waals surface area (Å²) in [5, 5.41) is 4.77. The zero-order valence-electron chi connectivity index (χ0n) is 27.9. The number of hydrogen-bond acceptors (Lipinski definition) is 2. The van der Waals surface area contributed by atoms with Crippen LogP contribution in [0.15, 0.2) is 170 Å². The average molecular weight is 665 g/mol. The van der Waals surface area contributed by atoms with E-state index < -0.39 is 0 Å². The topological polar surface area (TPSA) is 28.3 Å². The number of benzene rings is 8. The van der Waals surface area contributed by atoms with Gasteiger partial charge >= 0.3 is 0 Å². The van der Waals surface area contributed by atoms with Gasteiger partial charge < -0.3 is 18.6 Å². The summed E-state index contributed by atoms with van der Waals surface area (Å²) in [5.74, 6) is 3.48. The van der Waals surface area contributed by atoms with Crippen LogP contribution in [-0.2, 0) is 0 Å². The maximum Gasteiger partial charge on any atom is 0.152 e. The molecule has 0 atom stereocenters. The summed E-state index contributed by atoms with van der Waals surface area (Å²) in [6, 6.07) is 60.6. The minimum absolute atomic E-state index is 0.862. The molecule has 0 bridgehead atoms. The molecule has 0 spiro atoms. The normalized spacial score (nSPS) is 12.5. The Hall–Kier alpha value is -7.04. The lowest BCUT2D eigenvalue weighted by atomic mass is 10.0. The molecule has 10 aromatic rings. The second kappa shape index (κ2) is 10.3. The van der Waals surface area contributed by atoms with Crippen LogP contribution in [0.4, 0.5) is 0 Å². The van der Waals surface area contributed by atoms with E-state index in [2.05, 4.69) is 179 Å². The Balaban J connectivity index is 1.04. The highest BCUT2D eigenvalue weighted by Crippen LogP contribution is 2.49. The van der Waals surface area contributed by atoms with Crippen LogP contribution in [0.3, 0.4) is 0 Å². The largest absolute Gasteiger partial charge is 0.453 e. The number of ether oxygens (including phenoxy) is 2. The number of aromatic nitrogens is 2. The van der Waals surface area contributed by atoms with E-state index in [1.807, 2.05) is 0 Å². The Bertz CT molecular complexity index is 2900. The minimum Gasteiger partial charge on any atom is -0.453 e. The maximum absolute atomic E-state index is 6.53. The molecule has 0 unspecified atom stereocenters. The van der Waals surface area contributed by atoms with Crippen LogP contribution in [0, 0.1) is 0 Å². The molecule has 0 saturated heterocycles. The second-order valence-corrected chi connectivity index (χ2v) is 13.7. The highest BCUT2D eigenvalue weighted by molar-refractivity contribution is 6.15. The summed E-state index contributed by atoms with van der Waals surface area (Å²) in [7, 11) is 0. The third kappa shape index (κ3) is 3.81. The highest BCUT2D eigenvalue weighted by atomic mass is 16.5. The van der Waals surface area contributed by atoms with Crippen molar-refractivity contribution in [1.82, 2.24) is 9.13 Å². The van der Waals surface area contributed by atoms with Gasteiger partial charge in [0.1, 0.15) is 0 Å². The van der Waals surface area contributed by atoms with Gasteiger partial charge in [0.25, 0.3) is 0 Å². The van der Waals surface area contributed by atoms with Crippen molar-refractivity contribution in [1.29, 1.82) is 0 Å². The highest BCUT2D eigenvalue weighted by Gasteiger charge is 2.26. The Morgan fingerprint density at radius 1 is 0.288 bits per heavy atom. The van der Waals surface area contributed by atoms with Crippen molar-refractivity contribution in [2.45, 2.75) is 0 Å². The van der Waals surface area contributed by atoms with E-state index in [0.717, 1.165) is 67.6 Å². The lowest BCUT2D eigenvalue weighted by Gasteiger charge is -2.22. The number of para-hydroxylation sites is 2. The Labute approximate surface area is 298 Å². The van der Waals surface area contributed by atoms with Crippen molar-refractivity contribution >= 4 is 43.6 Å². The van der Waals surface area contributed by atoms with Gasteiger partial charge in [0.2, 0.25) is 0 Å². The molecule has 2 aromatic heterocycles. The summed E-state index contributed by atoms with van der Waals surface area (Å²) in [6.07, 6.45) is 0. The van der Waals surface area contributed by atoms with Crippen LogP contribution in [0.1, 0.15) is 0 Å². The first-order valence-electron chi connectivity index (χ1n) is 17.7. The van der Waals surface area contributed by atoms with E-state index in [0.29, 0.717) is 0 Å². The van der Waals surface area contributed by atoms with Crippen molar-refractivity contribution < 1.29 is 9.47 Å². The molecule has 4 heteroatoms. The summed E-state index contributed by atoms with van der Waals surface area (Å²) >= 11 is 0. The average Bonchev–Trinajstić information content (AvgIpc) is 3.73. The first-order chi connectivity index (χ1) is 25.8. The van der Waals surface area contributed by atoms with Crippen molar-refractivity contribution in [2.24, 2.45) is 0 Å². The zero-order chi connectivity index (χ0) is 33.9.